The number of hydrogen-bond donors (Lipinski definition) is 1. The Morgan fingerprint density at radius 2 is 1.36 bits per heavy atom. The van der Waals surface area contributed by atoms with Gasteiger partial charge in [0, 0.05) is 18.4 Å². The zero-order chi connectivity index (χ0) is 31.5. The van der Waals surface area contributed by atoms with Crippen molar-refractivity contribution in [2.45, 2.75) is 32.1 Å². The number of hydrogen-bond acceptors (Lipinski definition) is 9. The van der Waals surface area contributed by atoms with Crippen LogP contribution in [0.5, 0.6) is 17.2 Å². The quantitative estimate of drug-likeness (QED) is 0.0944. The standard InChI is InChI=1S/C35H36O9/c1-4-33(37)42-17-6-5-16-41-28-13-15-30-29-14-8-25(20-31(29)24(3)32(30)21-28)35(39)44-27-11-9-26(10-12-27)40-18-7-19-43-34(38)23(2)22-36/h4,8-15,20-21,24,36H,1-2,5-7,16-19,22H2,3H3. The Morgan fingerprint density at radius 3 is 2.09 bits per heavy atom. The molecule has 1 atom stereocenters. The zero-order valence-corrected chi connectivity index (χ0v) is 24.7. The minimum absolute atomic E-state index is 0.00539. The van der Waals surface area contributed by atoms with Gasteiger partial charge < -0.3 is 28.8 Å². The lowest BCUT2D eigenvalue weighted by Crippen LogP contribution is -2.12. The molecule has 0 saturated heterocycles. The summed E-state index contributed by atoms with van der Waals surface area (Å²) in [5, 5.41) is 8.87. The van der Waals surface area contributed by atoms with Gasteiger partial charge in [-0.1, -0.05) is 32.2 Å². The van der Waals surface area contributed by atoms with E-state index in [1.165, 1.54) is 0 Å². The van der Waals surface area contributed by atoms with Gasteiger partial charge in [0.25, 0.3) is 0 Å². The number of fused-ring (bicyclic) bond motifs is 3. The normalized spacial score (nSPS) is 12.8. The third-order valence-corrected chi connectivity index (χ3v) is 7.06. The molecule has 3 aromatic rings. The zero-order valence-electron chi connectivity index (χ0n) is 24.7. The highest BCUT2D eigenvalue weighted by atomic mass is 16.5. The van der Waals surface area contributed by atoms with Gasteiger partial charge in [0.15, 0.2) is 0 Å². The van der Waals surface area contributed by atoms with Crippen LogP contribution in [0.4, 0.5) is 0 Å². The summed E-state index contributed by atoms with van der Waals surface area (Å²) in [6.45, 7) is 9.75. The predicted molar refractivity (Wildman–Crippen MR) is 164 cm³/mol. The second-order valence-electron chi connectivity index (χ2n) is 10.2. The largest absolute Gasteiger partial charge is 0.494 e. The Morgan fingerprint density at radius 1 is 0.773 bits per heavy atom. The maximum atomic E-state index is 13.0. The van der Waals surface area contributed by atoms with Crippen molar-refractivity contribution in [1.29, 1.82) is 0 Å². The first kappa shape index (κ1) is 32.0. The average Bonchev–Trinajstić information content (AvgIpc) is 3.32. The van der Waals surface area contributed by atoms with E-state index in [9.17, 15) is 14.4 Å². The molecule has 4 rings (SSSR count). The van der Waals surface area contributed by atoms with Crippen molar-refractivity contribution in [3.63, 3.8) is 0 Å². The van der Waals surface area contributed by atoms with Crippen molar-refractivity contribution < 1.29 is 43.2 Å². The first-order valence-electron chi connectivity index (χ1n) is 14.4. The Labute approximate surface area is 256 Å². The van der Waals surface area contributed by atoms with E-state index in [4.69, 9.17) is 28.8 Å². The maximum Gasteiger partial charge on any atom is 0.343 e. The Balaban J connectivity index is 1.26. The molecule has 1 aliphatic rings. The second kappa shape index (κ2) is 15.5. The minimum atomic E-state index is -0.630. The summed E-state index contributed by atoms with van der Waals surface area (Å²) < 4.78 is 27.1. The van der Waals surface area contributed by atoms with Gasteiger partial charge in [-0.3, -0.25) is 0 Å². The Bertz CT molecular complexity index is 1510. The second-order valence-corrected chi connectivity index (χ2v) is 10.2. The van der Waals surface area contributed by atoms with Crippen molar-refractivity contribution in [1.82, 2.24) is 0 Å². The molecule has 0 aromatic heterocycles. The van der Waals surface area contributed by atoms with E-state index in [1.54, 1.807) is 30.3 Å². The molecular formula is C35H36O9. The van der Waals surface area contributed by atoms with E-state index in [-0.39, 0.29) is 18.1 Å². The summed E-state index contributed by atoms with van der Waals surface area (Å²) in [6, 6.07) is 18.3. The molecule has 1 N–H and O–H groups in total. The van der Waals surface area contributed by atoms with Crippen LogP contribution in [-0.4, -0.2) is 56.0 Å². The number of unbranched alkanes of at least 4 members (excludes halogenated alkanes) is 1. The SMILES string of the molecule is C=CC(=O)OCCCCOc1ccc2c(c1)C(C)c1cc(C(=O)Oc3ccc(OCCCOC(=O)C(=C)CO)cc3)ccc1-2. The minimum Gasteiger partial charge on any atom is -0.494 e. The molecule has 0 spiro atoms. The summed E-state index contributed by atoms with van der Waals surface area (Å²) in [4.78, 5) is 35.6. The van der Waals surface area contributed by atoms with Gasteiger partial charge in [-0.25, -0.2) is 14.4 Å². The van der Waals surface area contributed by atoms with Gasteiger partial charge in [0.1, 0.15) is 17.2 Å². The van der Waals surface area contributed by atoms with Crippen molar-refractivity contribution in [2.24, 2.45) is 0 Å². The van der Waals surface area contributed by atoms with Crippen molar-refractivity contribution >= 4 is 17.9 Å². The first-order valence-corrected chi connectivity index (χ1v) is 14.4. The lowest BCUT2D eigenvalue weighted by Gasteiger charge is -2.11. The number of benzene rings is 3. The van der Waals surface area contributed by atoms with Gasteiger partial charge in [-0.2, -0.15) is 0 Å². The van der Waals surface area contributed by atoms with Crippen molar-refractivity contribution in [2.75, 3.05) is 33.0 Å². The monoisotopic (exact) mass is 600 g/mol. The number of rotatable bonds is 16. The number of esters is 3. The number of aliphatic hydroxyl groups excluding tert-OH is 1. The van der Waals surface area contributed by atoms with E-state index in [1.807, 2.05) is 30.3 Å². The van der Waals surface area contributed by atoms with Gasteiger partial charge in [-0.05, 0) is 83.6 Å². The molecular weight excluding hydrogens is 564 g/mol. The van der Waals surface area contributed by atoms with Gasteiger partial charge in [0.05, 0.1) is 44.2 Å². The van der Waals surface area contributed by atoms with Crippen LogP contribution in [0, 0.1) is 0 Å². The van der Waals surface area contributed by atoms with E-state index in [2.05, 4.69) is 20.1 Å². The van der Waals surface area contributed by atoms with E-state index < -0.39 is 24.5 Å². The van der Waals surface area contributed by atoms with Crippen LogP contribution in [0.1, 0.15) is 53.6 Å². The highest BCUT2D eigenvalue weighted by molar-refractivity contribution is 5.93. The van der Waals surface area contributed by atoms with Crippen LogP contribution in [-0.2, 0) is 19.1 Å². The molecule has 1 unspecified atom stereocenters. The van der Waals surface area contributed by atoms with Crippen LogP contribution >= 0.6 is 0 Å². The first-order chi connectivity index (χ1) is 21.3. The number of carbonyl (C=O) groups is 3. The smallest absolute Gasteiger partial charge is 0.343 e. The lowest BCUT2D eigenvalue weighted by atomic mass is 9.98. The third-order valence-electron chi connectivity index (χ3n) is 7.06. The van der Waals surface area contributed by atoms with E-state index in [0.717, 1.165) is 40.5 Å². The van der Waals surface area contributed by atoms with Crippen LogP contribution in [0.25, 0.3) is 11.1 Å². The fourth-order valence-electron chi connectivity index (χ4n) is 4.67. The Kier molecular flexibility index (Phi) is 11.3. The maximum absolute atomic E-state index is 13.0. The van der Waals surface area contributed by atoms with Crippen LogP contribution in [0.15, 0.2) is 85.5 Å². The van der Waals surface area contributed by atoms with Crippen molar-refractivity contribution in [3.05, 3.63) is 102 Å². The molecule has 0 saturated carbocycles. The number of ether oxygens (including phenoxy) is 5. The molecule has 0 fully saturated rings. The number of carbonyl (C=O) groups excluding carboxylic acids is 3. The van der Waals surface area contributed by atoms with Crippen molar-refractivity contribution in [3.8, 4) is 28.4 Å². The topological polar surface area (TPSA) is 118 Å². The summed E-state index contributed by atoms with van der Waals surface area (Å²) in [5.74, 6) is 0.297. The third kappa shape index (κ3) is 8.35. The van der Waals surface area contributed by atoms with E-state index in [0.29, 0.717) is 49.7 Å². The summed E-state index contributed by atoms with van der Waals surface area (Å²) in [5.41, 5.74) is 4.83. The van der Waals surface area contributed by atoms with Gasteiger partial charge in [-0.15, -0.1) is 0 Å². The molecule has 9 nitrogen and oxygen atoms in total. The van der Waals surface area contributed by atoms with Crippen LogP contribution < -0.4 is 14.2 Å². The summed E-state index contributed by atoms with van der Waals surface area (Å²) in [6.07, 6.45) is 3.07. The molecule has 44 heavy (non-hydrogen) atoms. The van der Waals surface area contributed by atoms with Gasteiger partial charge in [0.2, 0.25) is 0 Å². The van der Waals surface area contributed by atoms with Crippen LogP contribution in [0.3, 0.4) is 0 Å². The molecule has 1 aliphatic carbocycles. The average molecular weight is 601 g/mol. The highest BCUT2D eigenvalue weighted by Gasteiger charge is 2.27. The molecule has 0 bridgehead atoms. The molecule has 230 valence electrons. The molecule has 3 aromatic carbocycles. The fraction of sp³-hybridized carbons (Fsp3) is 0.286. The summed E-state index contributed by atoms with van der Waals surface area (Å²) >= 11 is 0. The predicted octanol–water partition coefficient (Wildman–Crippen LogP) is 5.79. The number of aliphatic hydroxyl groups is 1. The lowest BCUT2D eigenvalue weighted by molar-refractivity contribution is -0.140. The summed E-state index contributed by atoms with van der Waals surface area (Å²) in [7, 11) is 0. The molecule has 0 radical (unpaired) electrons. The molecule has 0 aliphatic heterocycles. The van der Waals surface area contributed by atoms with Crippen LogP contribution in [0.2, 0.25) is 0 Å². The molecule has 9 heteroatoms. The highest BCUT2D eigenvalue weighted by Crippen LogP contribution is 2.46. The molecule has 0 amide bonds. The Hall–Kier alpha value is -4.89. The van der Waals surface area contributed by atoms with Gasteiger partial charge >= 0.3 is 17.9 Å². The molecule has 0 heterocycles. The fourth-order valence-corrected chi connectivity index (χ4v) is 4.67. The van der Waals surface area contributed by atoms with E-state index >= 15 is 0 Å².